The minimum Gasteiger partial charge on any atom is -0.491 e. The molecular formula is C15H21F3O3. The molecule has 0 bridgehead atoms. The Morgan fingerprint density at radius 1 is 1.10 bits per heavy atom. The van der Waals surface area contributed by atoms with E-state index in [4.69, 9.17) is 9.47 Å². The number of benzene rings is 1. The van der Waals surface area contributed by atoms with Crippen molar-refractivity contribution < 1.29 is 27.8 Å². The lowest BCUT2D eigenvalue weighted by Crippen LogP contribution is -2.23. The average Bonchev–Trinajstić information content (AvgIpc) is 2.37. The van der Waals surface area contributed by atoms with Crippen LogP contribution in [0.2, 0.25) is 0 Å². The van der Waals surface area contributed by atoms with Crippen LogP contribution in [0, 0.1) is 0 Å². The maximum Gasteiger partial charge on any atom is 0.389 e. The maximum absolute atomic E-state index is 12.2. The lowest BCUT2D eigenvalue weighted by molar-refractivity contribution is -0.137. The molecule has 0 fully saturated rings. The van der Waals surface area contributed by atoms with Crippen LogP contribution in [0.3, 0.4) is 0 Å². The van der Waals surface area contributed by atoms with Gasteiger partial charge in [-0.1, -0.05) is 18.2 Å². The second-order valence-corrected chi connectivity index (χ2v) is 5.08. The molecule has 3 nitrogen and oxygen atoms in total. The first-order valence-corrected chi connectivity index (χ1v) is 6.76. The van der Waals surface area contributed by atoms with Gasteiger partial charge in [0.1, 0.15) is 12.4 Å². The molecular weight excluding hydrogens is 285 g/mol. The average molecular weight is 306 g/mol. The van der Waals surface area contributed by atoms with Crippen LogP contribution >= 0.6 is 0 Å². The molecule has 0 aromatic heterocycles. The number of ether oxygens (including phenoxy) is 2. The molecule has 0 aliphatic heterocycles. The van der Waals surface area contributed by atoms with Gasteiger partial charge in [-0.2, -0.15) is 13.2 Å². The summed E-state index contributed by atoms with van der Waals surface area (Å²) in [7, 11) is 1.54. The summed E-state index contributed by atoms with van der Waals surface area (Å²) < 4.78 is 47.0. The molecule has 0 amide bonds. The number of methoxy groups -OCH3 is 1. The molecule has 21 heavy (non-hydrogen) atoms. The highest BCUT2D eigenvalue weighted by atomic mass is 19.4. The van der Waals surface area contributed by atoms with E-state index >= 15 is 0 Å². The Hall–Kier alpha value is -1.27. The number of alkyl halides is 3. The van der Waals surface area contributed by atoms with Crippen molar-refractivity contribution in [2.75, 3.05) is 20.3 Å². The number of hydrogen-bond donors (Lipinski definition) is 1. The molecule has 1 aromatic carbocycles. The smallest absolute Gasteiger partial charge is 0.389 e. The predicted octanol–water partition coefficient (Wildman–Crippen LogP) is 3.65. The molecule has 120 valence electrons. The van der Waals surface area contributed by atoms with Crippen LogP contribution in [0.25, 0.3) is 0 Å². The molecule has 6 heteroatoms. The molecule has 1 rings (SSSR count). The van der Waals surface area contributed by atoms with Crippen molar-refractivity contribution in [1.82, 2.24) is 0 Å². The third kappa shape index (κ3) is 6.35. The van der Waals surface area contributed by atoms with E-state index in [1.165, 1.54) is 6.92 Å². The Balaban J connectivity index is 2.72. The molecule has 1 unspecified atom stereocenters. The minimum atomic E-state index is -4.20. The number of halogens is 3. The van der Waals surface area contributed by atoms with Crippen LogP contribution < -0.4 is 4.74 Å². The van der Waals surface area contributed by atoms with Gasteiger partial charge < -0.3 is 14.6 Å². The highest BCUT2D eigenvalue weighted by Gasteiger charge is 2.31. The van der Waals surface area contributed by atoms with Crippen molar-refractivity contribution in [2.45, 2.75) is 38.0 Å². The van der Waals surface area contributed by atoms with Crippen molar-refractivity contribution in [3.8, 4) is 5.75 Å². The van der Waals surface area contributed by atoms with Crippen molar-refractivity contribution >= 4 is 0 Å². The highest BCUT2D eigenvalue weighted by Crippen LogP contribution is 2.35. The first-order chi connectivity index (χ1) is 9.76. The topological polar surface area (TPSA) is 38.7 Å². The monoisotopic (exact) mass is 306 g/mol. The summed E-state index contributed by atoms with van der Waals surface area (Å²) >= 11 is 0. The van der Waals surface area contributed by atoms with Crippen molar-refractivity contribution in [3.63, 3.8) is 0 Å². The van der Waals surface area contributed by atoms with Gasteiger partial charge in [0.25, 0.3) is 0 Å². The zero-order valence-electron chi connectivity index (χ0n) is 12.2. The summed E-state index contributed by atoms with van der Waals surface area (Å²) in [4.78, 5) is 0. The predicted molar refractivity (Wildman–Crippen MR) is 73.3 cm³/mol. The van der Waals surface area contributed by atoms with Gasteiger partial charge in [-0.3, -0.25) is 0 Å². The second-order valence-electron chi connectivity index (χ2n) is 5.08. The third-order valence-electron chi connectivity index (χ3n) is 3.14. The van der Waals surface area contributed by atoms with Crippen molar-refractivity contribution in [2.24, 2.45) is 0 Å². The van der Waals surface area contributed by atoms with Crippen LogP contribution in [-0.2, 0) is 10.3 Å². The van der Waals surface area contributed by atoms with Gasteiger partial charge in [0.2, 0.25) is 0 Å². The minimum absolute atomic E-state index is 0.0111. The molecule has 0 radical (unpaired) electrons. The third-order valence-corrected chi connectivity index (χ3v) is 3.14. The molecule has 0 saturated heterocycles. The Labute approximate surface area is 122 Å². The number of hydrogen-bond acceptors (Lipinski definition) is 3. The Morgan fingerprint density at radius 2 is 1.76 bits per heavy atom. The maximum atomic E-state index is 12.2. The zero-order chi connectivity index (χ0) is 15.9. The molecule has 0 heterocycles. The van der Waals surface area contributed by atoms with Gasteiger partial charge >= 0.3 is 6.18 Å². The van der Waals surface area contributed by atoms with Crippen LogP contribution in [0.15, 0.2) is 24.3 Å². The summed E-state index contributed by atoms with van der Waals surface area (Å²) in [6, 6.07) is 6.81. The van der Waals surface area contributed by atoms with E-state index in [0.717, 1.165) is 0 Å². The molecule has 0 aliphatic rings. The largest absolute Gasteiger partial charge is 0.491 e. The normalized spacial score (nSPS) is 14.8. The van der Waals surface area contributed by atoms with E-state index in [1.54, 1.807) is 31.4 Å². The highest BCUT2D eigenvalue weighted by molar-refractivity contribution is 5.37. The van der Waals surface area contributed by atoms with Gasteiger partial charge in [-0.15, -0.1) is 0 Å². The number of aliphatic hydroxyl groups is 1. The van der Waals surface area contributed by atoms with Gasteiger partial charge in [0.05, 0.1) is 12.2 Å². The molecule has 1 aromatic rings. The summed E-state index contributed by atoms with van der Waals surface area (Å²) in [6.07, 6.45) is -5.24. The summed E-state index contributed by atoms with van der Waals surface area (Å²) in [5.41, 5.74) is -0.877. The summed E-state index contributed by atoms with van der Waals surface area (Å²) in [5.74, 6) is 0.464. The Morgan fingerprint density at radius 3 is 2.38 bits per heavy atom. The fourth-order valence-electron chi connectivity index (χ4n) is 2.04. The number of para-hydroxylation sites is 1. The zero-order valence-corrected chi connectivity index (χ0v) is 12.2. The van der Waals surface area contributed by atoms with Crippen LogP contribution in [-0.4, -0.2) is 31.6 Å². The summed E-state index contributed by atoms with van der Waals surface area (Å²) in [5, 5.41) is 10.4. The van der Waals surface area contributed by atoms with Crippen LogP contribution in [0.4, 0.5) is 13.2 Å². The van der Waals surface area contributed by atoms with E-state index < -0.39 is 18.2 Å². The number of rotatable bonds is 8. The summed E-state index contributed by atoms with van der Waals surface area (Å²) in [6.45, 7) is 2.21. The lowest BCUT2D eigenvalue weighted by Gasteiger charge is -2.26. The van der Waals surface area contributed by atoms with Gasteiger partial charge in [0, 0.05) is 19.1 Å². The van der Waals surface area contributed by atoms with Crippen LogP contribution in [0.1, 0.15) is 31.7 Å². The Kier molecular flexibility index (Phi) is 6.48. The fourth-order valence-corrected chi connectivity index (χ4v) is 2.04. The van der Waals surface area contributed by atoms with Crippen molar-refractivity contribution in [1.29, 1.82) is 0 Å². The molecule has 1 atom stereocenters. The van der Waals surface area contributed by atoms with Gasteiger partial charge in [0.15, 0.2) is 0 Å². The quantitative estimate of drug-likeness (QED) is 0.745. The molecule has 1 N–H and O–H groups in total. The first kappa shape index (κ1) is 17.8. The van der Waals surface area contributed by atoms with E-state index in [2.05, 4.69) is 0 Å². The second kappa shape index (κ2) is 7.66. The van der Waals surface area contributed by atoms with E-state index in [-0.39, 0.29) is 12.8 Å². The van der Waals surface area contributed by atoms with Gasteiger partial charge in [-0.25, -0.2) is 0 Å². The van der Waals surface area contributed by atoms with Gasteiger partial charge in [-0.05, 0) is 25.8 Å². The lowest BCUT2D eigenvalue weighted by atomic mass is 9.89. The van der Waals surface area contributed by atoms with E-state index in [0.29, 0.717) is 24.5 Å². The standard InChI is InChI=1S/C15H21F3O3/c1-14(19,8-5-9-15(16,17)18)12-6-3-4-7-13(12)21-11-10-20-2/h3-4,6-7,19H,5,8-11H2,1-2H3. The van der Waals surface area contributed by atoms with Crippen molar-refractivity contribution in [3.05, 3.63) is 29.8 Å². The SMILES string of the molecule is COCCOc1ccccc1C(C)(O)CCCC(F)(F)F. The molecule has 0 aliphatic carbocycles. The molecule has 0 saturated carbocycles. The first-order valence-electron chi connectivity index (χ1n) is 6.76. The molecule has 0 spiro atoms. The van der Waals surface area contributed by atoms with E-state index in [1.807, 2.05) is 0 Å². The fraction of sp³-hybridized carbons (Fsp3) is 0.600. The van der Waals surface area contributed by atoms with E-state index in [9.17, 15) is 18.3 Å². The van der Waals surface area contributed by atoms with Crippen LogP contribution in [0.5, 0.6) is 5.75 Å². The Bertz CT molecular complexity index is 430.